The first kappa shape index (κ1) is 9.96. The number of aliphatic hydroxyl groups is 1. The van der Waals surface area contributed by atoms with Crippen molar-refractivity contribution in [3.05, 3.63) is 0 Å². The minimum absolute atomic E-state index is 0.250. The minimum Gasteiger partial charge on any atom is -0.392 e. The van der Waals surface area contributed by atoms with E-state index in [-0.39, 0.29) is 6.10 Å². The van der Waals surface area contributed by atoms with Crippen LogP contribution < -0.4 is 5.32 Å². The summed E-state index contributed by atoms with van der Waals surface area (Å²) >= 11 is 0. The molecule has 0 aliphatic carbocycles. The fraction of sp³-hybridized carbons (Fsp3) is 1.00. The van der Waals surface area contributed by atoms with Crippen LogP contribution in [0.5, 0.6) is 0 Å². The van der Waals surface area contributed by atoms with E-state index in [0.29, 0.717) is 18.5 Å². The maximum Gasteiger partial charge on any atom is 0.0636 e. The summed E-state index contributed by atoms with van der Waals surface area (Å²) in [7, 11) is 0. The Labute approximate surface area is 74.1 Å². The van der Waals surface area contributed by atoms with Gasteiger partial charge in [-0.3, -0.25) is 0 Å². The zero-order valence-corrected chi connectivity index (χ0v) is 7.92. The second-order valence-electron chi connectivity index (χ2n) is 3.70. The molecule has 12 heavy (non-hydrogen) atoms. The molecule has 0 bridgehead atoms. The molecule has 1 heterocycles. The molecular weight excluding hydrogens is 154 g/mol. The summed E-state index contributed by atoms with van der Waals surface area (Å²) in [6.07, 6.45) is 0.813. The highest BCUT2D eigenvalue weighted by Crippen LogP contribution is 2.13. The van der Waals surface area contributed by atoms with E-state index in [1.54, 1.807) is 6.92 Å². The number of hydrogen-bond acceptors (Lipinski definition) is 3. The highest BCUT2D eigenvalue weighted by molar-refractivity contribution is 4.76. The Morgan fingerprint density at radius 2 is 2.42 bits per heavy atom. The van der Waals surface area contributed by atoms with Crippen molar-refractivity contribution in [1.29, 1.82) is 0 Å². The quantitative estimate of drug-likeness (QED) is 0.648. The Hall–Kier alpha value is -0.120. The monoisotopic (exact) mass is 173 g/mol. The van der Waals surface area contributed by atoms with Gasteiger partial charge >= 0.3 is 0 Å². The predicted octanol–water partition coefficient (Wildman–Crippen LogP) is 0.382. The van der Waals surface area contributed by atoms with Gasteiger partial charge in [-0.2, -0.15) is 0 Å². The lowest BCUT2D eigenvalue weighted by Crippen LogP contribution is -2.43. The van der Waals surface area contributed by atoms with Crippen LogP contribution in [-0.4, -0.2) is 37.0 Å². The molecule has 0 saturated carbocycles. The van der Waals surface area contributed by atoms with Crippen LogP contribution in [0.2, 0.25) is 0 Å². The number of ether oxygens (including phenoxy) is 1. The number of nitrogens with one attached hydrogen (secondary N) is 1. The predicted molar refractivity (Wildman–Crippen MR) is 48.1 cm³/mol. The topological polar surface area (TPSA) is 41.5 Å². The Morgan fingerprint density at radius 3 is 3.00 bits per heavy atom. The van der Waals surface area contributed by atoms with E-state index < -0.39 is 0 Å². The molecule has 0 radical (unpaired) electrons. The minimum atomic E-state index is -0.250. The van der Waals surface area contributed by atoms with Crippen LogP contribution in [0.3, 0.4) is 0 Å². The van der Waals surface area contributed by atoms with Crippen molar-refractivity contribution >= 4 is 0 Å². The van der Waals surface area contributed by atoms with Crippen molar-refractivity contribution < 1.29 is 9.84 Å². The third kappa shape index (κ3) is 3.09. The molecular formula is C9H19NO2. The zero-order valence-electron chi connectivity index (χ0n) is 7.92. The van der Waals surface area contributed by atoms with Crippen molar-refractivity contribution in [2.45, 2.75) is 32.4 Å². The molecule has 2 unspecified atom stereocenters. The molecule has 0 aromatic carbocycles. The molecule has 1 aliphatic rings. The average molecular weight is 173 g/mol. The highest BCUT2D eigenvalue weighted by atomic mass is 16.5. The Bertz CT molecular complexity index is 128. The number of hydrogen-bond donors (Lipinski definition) is 2. The van der Waals surface area contributed by atoms with Crippen LogP contribution in [0.25, 0.3) is 0 Å². The molecule has 72 valence electrons. The van der Waals surface area contributed by atoms with Gasteiger partial charge in [-0.15, -0.1) is 0 Å². The van der Waals surface area contributed by atoms with Crippen molar-refractivity contribution in [2.75, 3.05) is 19.8 Å². The third-order valence-corrected chi connectivity index (χ3v) is 2.32. The van der Waals surface area contributed by atoms with Gasteiger partial charge in [0, 0.05) is 19.2 Å². The fourth-order valence-electron chi connectivity index (χ4n) is 1.51. The van der Waals surface area contributed by atoms with Gasteiger partial charge in [0.1, 0.15) is 0 Å². The SMILES string of the molecule is CC1COCCC1NC[C@@H](C)O. The molecule has 2 N–H and O–H groups in total. The van der Waals surface area contributed by atoms with Gasteiger partial charge in [-0.05, 0) is 19.3 Å². The van der Waals surface area contributed by atoms with Crippen LogP contribution in [0.1, 0.15) is 20.3 Å². The van der Waals surface area contributed by atoms with Crippen LogP contribution in [0, 0.1) is 5.92 Å². The first-order valence-corrected chi connectivity index (χ1v) is 4.69. The van der Waals surface area contributed by atoms with Crippen LogP contribution >= 0.6 is 0 Å². The first-order valence-electron chi connectivity index (χ1n) is 4.69. The average Bonchev–Trinajstić information content (AvgIpc) is 2.03. The van der Waals surface area contributed by atoms with Crippen molar-refractivity contribution in [3.8, 4) is 0 Å². The van der Waals surface area contributed by atoms with Gasteiger partial charge in [0.25, 0.3) is 0 Å². The summed E-state index contributed by atoms with van der Waals surface area (Å²) in [5, 5.41) is 12.4. The largest absolute Gasteiger partial charge is 0.392 e. The molecule has 3 atom stereocenters. The third-order valence-electron chi connectivity index (χ3n) is 2.32. The van der Waals surface area contributed by atoms with Crippen LogP contribution in [0.4, 0.5) is 0 Å². The standard InChI is InChI=1S/C9H19NO2/c1-7-6-12-4-3-9(7)10-5-8(2)11/h7-11H,3-6H2,1-2H3/t7?,8-,9?/m1/s1. The summed E-state index contributed by atoms with van der Waals surface area (Å²) < 4.78 is 5.32. The summed E-state index contributed by atoms with van der Waals surface area (Å²) in [4.78, 5) is 0. The lowest BCUT2D eigenvalue weighted by Gasteiger charge is -2.30. The van der Waals surface area contributed by atoms with E-state index in [2.05, 4.69) is 12.2 Å². The van der Waals surface area contributed by atoms with Gasteiger partial charge in [-0.1, -0.05) is 6.92 Å². The van der Waals surface area contributed by atoms with Crippen molar-refractivity contribution in [3.63, 3.8) is 0 Å². The van der Waals surface area contributed by atoms with Crippen LogP contribution in [0.15, 0.2) is 0 Å². The molecule has 1 aliphatic heterocycles. The van der Waals surface area contributed by atoms with Crippen molar-refractivity contribution in [1.82, 2.24) is 5.32 Å². The second kappa shape index (κ2) is 4.80. The van der Waals surface area contributed by atoms with Gasteiger partial charge in [0.2, 0.25) is 0 Å². The van der Waals surface area contributed by atoms with E-state index in [1.165, 1.54) is 0 Å². The first-order chi connectivity index (χ1) is 5.70. The molecule has 0 aromatic rings. The lowest BCUT2D eigenvalue weighted by atomic mass is 9.98. The molecule has 0 amide bonds. The van der Waals surface area contributed by atoms with E-state index >= 15 is 0 Å². The van der Waals surface area contributed by atoms with Gasteiger partial charge in [0.15, 0.2) is 0 Å². The van der Waals surface area contributed by atoms with E-state index in [9.17, 15) is 0 Å². The Balaban J connectivity index is 2.20. The molecule has 3 heteroatoms. The van der Waals surface area contributed by atoms with E-state index in [4.69, 9.17) is 9.84 Å². The highest BCUT2D eigenvalue weighted by Gasteiger charge is 2.21. The zero-order chi connectivity index (χ0) is 8.97. The molecule has 0 aromatic heterocycles. The Morgan fingerprint density at radius 1 is 1.67 bits per heavy atom. The summed E-state index contributed by atoms with van der Waals surface area (Å²) in [6.45, 7) is 6.37. The lowest BCUT2D eigenvalue weighted by molar-refractivity contribution is 0.0356. The summed E-state index contributed by atoms with van der Waals surface area (Å²) in [6, 6.07) is 0.522. The maximum absolute atomic E-state index is 9.08. The maximum atomic E-state index is 9.08. The number of rotatable bonds is 3. The molecule has 1 fully saturated rings. The van der Waals surface area contributed by atoms with E-state index in [1.807, 2.05) is 0 Å². The second-order valence-corrected chi connectivity index (χ2v) is 3.70. The molecule has 0 spiro atoms. The molecule has 1 saturated heterocycles. The summed E-state index contributed by atoms with van der Waals surface area (Å²) in [5.74, 6) is 0.567. The molecule has 1 rings (SSSR count). The van der Waals surface area contributed by atoms with E-state index in [0.717, 1.165) is 19.6 Å². The van der Waals surface area contributed by atoms with Gasteiger partial charge < -0.3 is 15.2 Å². The smallest absolute Gasteiger partial charge is 0.0636 e. The Kier molecular flexibility index (Phi) is 3.98. The number of aliphatic hydroxyl groups excluding tert-OH is 1. The molecule has 3 nitrogen and oxygen atoms in total. The normalized spacial score (nSPS) is 33.2. The van der Waals surface area contributed by atoms with Crippen molar-refractivity contribution in [2.24, 2.45) is 5.92 Å². The fourth-order valence-corrected chi connectivity index (χ4v) is 1.51. The van der Waals surface area contributed by atoms with Gasteiger partial charge in [-0.25, -0.2) is 0 Å². The summed E-state index contributed by atoms with van der Waals surface area (Å²) in [5.41, 5.74) is 0. The van der Waals surface area contributed by atoms with Gasteiger partial charge in [0.05, 0.1) is 12.7 Å². The van der Waals surface area contributed by atoms with Crippen LogP contribution in [-0.2, 0) is 4.74 Å².